The van der Waals surface area contributed by atoms with Gasteiger partial charge >= 0.3 is 0 Å². The number of nitrogens with one attached hydrogen (secondary N) is 1. The third-order valence-electron chi connectivity index (χ3n) is 4.92. The number of rotatable bonds is 6. The molecular weight excluding hydrogens is 479 g/mol. The van der Waals surface area contributed by atoms with E-state index in [0.29, 0.717) is 13.0 Å². The number of nitrogens with zero attached hydrogens (tertiary/aromatic N) is 3. The molecule has 0 aromatic heterocycles. The molecule has 2 aromatic carbocycles. The number of hydrogen-bond acceptors (Lipinski definition) is 3. The van der Waals surface area contributed by atoms with Crippen LogP contribution in [0.25, 0.3) is 0 Å². The van der Waals surface area contributed by atoms with Gasteiger partial charge in [0.05, 0.1) is 7.11 Å². The van der Waals surface area contributed by atoms with Gasteiger partial charge in [0.15, 0.2) is 5.96 Å². The van der Waals surface area contributed by atoms with Crippen LogP contribution in [0.1, 0.15) is 24.0 Å². The molecule has 0 atom stereocenters. The molecule has 29 heavy (non-hydrogen) atoms. The standard InChI is InChI=1S/C22H28N4O2.HI/c1-23-22(25(2)16-18-8-12-20(28-3)13-9-18)24-15-17-6-10-19(11-7-17)26-14-4-5-21(26)27;/h6-13H,4-5,14-16H2,1-3H3,(H,23,24);1H. The van der Waals surface area contributed by atoms with E-state index in [1.54, 1.807) is 14.2 Å². The van der Waals surface area contributed by atoms with Crippen molar-refractivity contribution in [1.29, 1.82) is 0 Å². The van der Waals surface area contributed by atoms with Crippen LogP contribution in [-0.4, -0.2) is 44.5 Å². The van der Waals surface area contributed by atoms with Crippen molar-refractivity contribution in [1.82, 2.24) is 10.2 Å². The molecule has 0 unspecified atom stereocenters. The van der Waals surface area contributed by atoms with Crippen molar-refractivity contribution in [3.8, 4) is 5.75 Å². The lowest BCUT2D eigenvalue weighted by atomic mass is 10.2. The van der Waals surface area contributed by atoms with Crippen molar-refractivity contribution in [2.24, 2.45) is 4.99 Å². The average molecular weight is 508 g/mol. The second-order valence-corrected chi connectivity index (χ2v) is 6.92. The maximum atomic E-state index is 11.9. The Bertz CT molecular complexity index is 822. The summed E-state index contributed by atoms with van der Waals surface area (Å²) in [6.07, 6.45) is 1.60. The molecule has 0 radical (unpaired) electrons. The highest BCUT2D eigenvalue weighted by Gasteiger charge is 2.21. The minimum Gasteiger partial charge on any atom is -0.497 e. The number of guanidine groups is 1. The third-order valence-corrected chi connectivity index (χ3v) is 4.92. The zero-order valence-corrected chi connectivity index (χ0v) is 19.6. The van der Waals surface area contributed by atoms with Gasteiger partial charge in [0, 0.05) is 45.8 Å². The van der Waals surface area contributed by atoms with Gasteiger partial charge in [0.25, 0.3) is 0 Å². The smallest absolute Gasteiger partial charge is 0.227 e. The van der Waals surface area contributed by atoms with Gasteiger partial charge in [-0.25, -0.2) is 0 Å². The molecule has 0 bridgehead atoms. The highest BCUT2D eigenvalue weighted by atomic mass is 127. The molecule has 1 aliphatic heterocycles. The molecule has 6 nitrogen and oxygen atoms in total. The topological polar surface area (TPSA) is 57.2 Å². The number of carbonyl (C=O) groups excluding carboxylic acids is 1. The second kappa shape index (κ2) is 11.0. The summed E-state index contributed by atoms with van der Waals surface area (Å²) in [6.45, 7) is 2.24. The monoisotopic (exact) mass is 508 g/mol. The highest BCUT2D eigenvalue weighted by molar-refractivity contribution is 14.0. The van der Waals surface area contributed by atoms with Crippen molar-refractivity contribution >= 4 is 41.5 Å². The molecule has 0 saturated carbocycles. The summed E-state index contributed by atoms with van der Waals surface area (Å²) in [6, 6.07) is 16.2. The predicted molar refractivity (Wildman–Crippen MR) is 128 cm³/mol. The minimum absolute atomic E-state index is 0. The van der Waals surface area contributed by atoms with Crippen LogP contribution in [0.4, 0.5) is 5.69 Å². The van der Waals surface area contributed by atoms with Crippen LogP contribution in [0, 0.1) is 0 Å². The van der Waals surface area contributed by atoms with Crippen LogP contribution in [0.5, 0.6) is 5.75 Å². The summed E-state index contributed by atoms with van der Waals surface area (Å²) in [7, 11) is 5.47. The Morgan fingerprint density at radius 1 is 1.14 bits per heavy atom. The van der Waals surface area contributed by atoms with Crippen molar-refractivity contribution < 1.29 is 9.53 Å². The normalized spacial score (nSPS) is 13.8. The van der Waals surface area contributed by atoms with Gasteiger partial charge < -0.3 is 19.9 Å². The van der Waals surface area contributed by atoms with Gasteiger partial charge in [-0.3, -0.25) is 9.79 Å². The number of amides is 1. The first kappa shape index (κ1) is 23.0. The Kier molecular flexibility index (Phi) is 8.75. The lowest BCUT2D eigenvalue weighted by molar-refractivity contribution is -0.117. The first-order valence-corrected chi connectivity index (χ1v) is 9.54. The number of carbonyl (C=O) groups is 1. The van der Waals surface area contributed by atoms with E-state index in [2.05, 4.69) is 39.5 Å². The van der Waals surface area contributed by atoms with Gasteiger partial charge in [0.2, 0.25) is 5.91 Å². The molecule has 156 valence electrons. The average Bonchev–Trinajstić information content (AvgIpc) is 3.15. The predicted octanol–water partition coefficient (Wildman–Crippen LogP) is 3.65. The number of halogens is 1. The van der Waals surface area contributed by atoms with E-state index in [9.17, 15) is 4.79 Å². The maximum absolute atomic E-state index is 11.9. The zero-order chi connectivity index (χ0) is 19.9. The zero-order valence-electron chi connectivity index (χ0n) is 17.2. The van der Waals surface area contributed by atoms with Crippen LogP contribution in [0.3, 0.4) is 0 Å². The van der Waals surface area contributed by atoms with E-state index >= 15 is 0 Å². The Morgan fingerprint density at radius 3 is 2.34 bits per heavy atom. The molecule has 1 saturated heterocycles. The van der Waals surface area contributed by atoms with Crippen molar-refractivity contribution in [2.75, 3.05) is 32.6 Å². The van der Waals surface area contributed by atoms with Crippen LogP contribution in [0.15, 0.2) is 53.5 Å². The Hall–Kier alpha value is -2.29. The highest BCUT2D eigenvalue weighted by Crippen LogP contribution is 2.21. The number of methoxy groups -OCH3 is 1. The van der Waals surface area contributed by atoms with Crippen LogP contribution in [0.2, 0.25) is 0 Å². The second-order valence-electron chi connectivity index (χ2n) is 6.92. The quantitative estimate of drug-likeness (QED) is 0.368. The molecule has 0 spiro atoms. The number of benzene rings is 2. The maximum Gasteiger partial charge on any atom is 0.227 e. The van der Waals surface area contributed by atoms with E-state index in [1.807, 2.05) is 36.2 Å². The van der Waals surface area contributed by atoms with E-state index < -0.39 is 0 Å². The molecular formula is C22H29IN4O2. The number of anilines is 1. The Morgan fingerprint density at radius 2 is 1.79 bits per heavy atom. The van der Waals surface area contributed by atoms with Crippen molar-refractivity contribution in [2.45, 2.75) is 25.9 Å². The SMILES string of the molecule is CN=C(NCc1ccc(N2CCCC2=O)cc1)N(C)Cc1ccc(OC)cc1.I. The Labute approximate surface area is 190 Å². The molecule has 7 heteroatoms. The fourth-order valence-corrected chi connectivity index (χ4v) is 3.36. The van der Waals surface area contributed by atoms with Crippen LogP contribution >= 0.6 is 24.0 Å². The van der Waals surface area contributed by atoms with E-state index in [1.165, 1.54) is 5.56 Å². The largest absolute Gasteiger partial charge is 0.497 e. The first-order valence-electron chi connectivity index (χ1n) is 9.54. The molecule has 1 fully saturated rings. The molecule has 3 rings (SSSR count). The lowest BCUT2D eigenvalue weighted by Crippen LogP contribution is -2.38. The summed E-state index contributed by atoms with van der Waals surface area (Å²) in [4.78, 5) is 20.2. The first-order chi connectivity index (χ1) is 13.6. The molecule has 1 heterocycles. The third kappa shape index (κ3) is 6.09. The van der Waals surface area contributed by atoms with E-state index in [-0.39, 0.29) is 29.9 Å². The summed E-state index contributed by atoms with van der Waals surface area (Å²) in [5, 5.41) is 3.40. The fourth-order valence-electron chi connectivity index (χ4n) is 3.36. The number of hydrogen-bond donors (Lipinski definition) is 1. The summed E-state index contributed by atoms with van der Waals surface area (Å²) in [5.41, 5.74) is 3.31. The van der Waals surface area contributed by atoms with Crippen molar-refractivity contribution in [3.05, 3.63) is 59.7 Å². The summed E-state index contributed by atoms with van der Waals surface area (Å²) in [5.74, 6) is 1.90. The van der Waals surface area contributed by atoms with E-state index in [0.717, 1.165) is 42.5 Å². The fraction of sp³-hybridized carbons (Fsp3) is 0.364. The summed E-state index contributed by atoms with van der Waals surface area (Å²) < 4.78 is 5.21. The number of aliphatic imine (C=N–C) groups is 1. The summed E-state index contributed by atoms with van der Waals surface area (Å²) >= 11 is 0. The van der Waals surface area contributed by atoms with Crippen molar-refractivity contribution in [3.63, 3.8) is 0 Å². The van der Waals surface area contributed by atoms with Gasteiger partial charge in [-0.05, 0) is 41.8 Å². The molecule has 1 aliphatic rings. The van der Waals surface area contributed by atoms with Gasteiger partial charge in [-0.1, -0.05) is 24.3 Å². The lowest BCUT2D eigenvalue weighted by Gasteiger charge is -2.22. The van der Waals surface area contributed by atoms with Gasteiger partial charge in [-0.2, -0.15) is 0 Å². The molecule has 1 amide bonds. The van der Waals surface area contributed by atoms with Crippen LogP contribution < -0.4 is 15.0 Å². The van der Waals surface area contributed by atoms with Crippen LogP contribution in [-0.2, 0) is 17.9 Å². The molecule has 0 aliphatic carbocycles. The Balaban J connectivity index is 0.00000300. The van der Waals surface area contributed by atoms with E-state index in [4.69, 9.17) is 4.74 Å². The molecule has 2 aromatic rings. The number of ether oxygens (including phenoxy) is 1. The minimum atomic E-state index is 0. The van der Waals surface area contributed by atoms with Gasteiger partial charge in [-0.15, -0.1) is 24.0 Å². The molecule has 1 N–H and O–H groups in total. The van der Waals surface area contributed by atoms with Gasteiger partial charge in [0.1, 0.15) is 5.75 Å².